The lowest BCUT2D eigenvalue weighted by atomic mass is 10.3. The van der Waals surface area contributed by atoms with E-state index in [0.717, 1.165) is 15.9 Å². The van der Waals surface area contributed by atoms with E-state index < -0.39 is 30.2 Å². The Hall–Kier alpha value is -4.38. The van der Waals surface area contributed by atoms with Crippen molar-refractivity contribution in [3.8, 4) is 0 Å². The van der Waals surface area contributed by atoms with Gasteiger partial charge in [0, 0.05) is 6.08 Å². The number of hydrogen-bond acceptors (Lipinski definition) is 6. The molecule has 1 aliphatic rings. The monoisotopic (exact) mass is 477 g/mol. The number of anilines is 1. The van der Waals surface area contributed by atoms with E-state index in [1.165, 1.54) is 36.0 Å². The first-order valence-electron chi connectivity index (χ1n) is 10.1. The van der Waals surface area contributed by atoms with E-state index in [9.17, 15) is 18.8 Å². The van der Waals surface area contributed by atoms with E-state index in [0.29, 0.717) is 16.0 Å². The number of para-hydroxylation sites is 3. The second-order valence-corrected chi connectivity index (χ2v) is 8.22. The van der Waals surface area contributed by atoms with Gasteiger partial charge in [0.15, 0.2) is 10.2 Å². The summed E-state index contributed by atoms with van der Waals surface area (Å²) in [5.41, 5.74) is 1.65. The summed E-state index contributed by atoms with van der Waals surface area (Å²) in [6.07, 6.45) is 1.37. The standard InChI is InChI=1S/C23H16FN5O4S/c24-14-5-1-2-6-15(14)25-19(30)12-29-21(31)18(28-23(29)32)11-13-9-10-20(33-13)34-22-26-16-7-3-4-8-17(16)27-22/h1-11H,12H2,(H,25,30)(H,26,27)(H,28,32)/b18-11+. The maximum absolute atomic E-state index is 13.7. The molecule has 9 nitrogen and oxygen atoms in total. The summed E-state index contributed by atoms with van der Waals surface area (Å²) in [5, 5.41) is 5.94. The van der Waals surface area contributed by atoms with Gasteiger partial charge in [0.05, 0.1) is 16.7 Å². The van der Waals surface area contributed by atoms with Crippen LogP contribution in [-0.2, 0) is 9.59 Å². The van der Waals surface area contributed by atoms with E-state index in [1.54, 1.807) is 18.2 Å². The van der Waals surface area contributed by atoms with Gasteiger partial charge in [-0.3, -0.25) is 9.59 Å². The van der Waals surface area contributed by atoms with Crippen molar-refractivity contribution in [2.75, 3.05) is 11.9 Å². The molecule has 0 spiro atoms. The Morgan fingerprint density at radius 2 is 1.91 bits per heavy atom. The van der Waals surface area contributed by atoms with E-state index in [2.05, 4.69) is 20.6 Å². The van der Waals surface area contributed by atoms with Crippen LogP contribution in [0.3, 0.4) is 0 Å². The molecule has 0 radical (unpaired) electrons. The van der Waals surface area contributed by atoms with Crippen LogP contribution in [0.25, 0.3) is 17.1 Å². The molecule has 3 heterocycles. The Kier molecular flexibility index (Phi) is 5.60. The number of halogens is 1. The molecule has 0 unspecified atom stereocenters. The molecule has 0 saturated carbocycles. The Bertz CT molecular complexity index is 1430. The molecule has 4 amide bonds. The number of furan rings is 1. The third kappa shape index (κ3) is 4.41. The van der Waals surface area contributed by atoms with Crippen LogP contribution in [0.1, 0.15) is 5.76 Å². The van der Waals surface area contributed by atoms with Gasteiger partial charge in [-0.15, -0.1) is 0 Å². The first-order chi connectivity index (χ1) is 16.5. The highest BCUT2D eigenvalue weighted by Crippen LogP contribution is 2.29. The number of rotatable bonds is 6. The Morgan fingerprint density at radius 3 is 2.74 bits per heavy atom. The number of imidazole rings is 1. The van der Waals surface area contributed by atoms with Gasteiger partial charge in [0.1, 0.15) is 23.8 Å². The summed E-state index contributed by atoms with van der Waals surface area (Å²) in [6, 6.07) is 15.8. The number of amides is 4. The second kappa shape index (κ2) is 8.87. The van der Waals surface area contributed by atoms with Crippen LogP contribution in [0, 0.1) is 5.82 Å². The molecular weight excluding hydrogens is 461 g/mol. The molecular formula is C23H16FN5O4S. The minimum absolute atomic E-state index is 0.0413. The van der Waals surface area contributed by atoms with Crippen LogP contribution < -0.4 is 10.6 Å². The van der Waals surface area contributed by atoms with E-state index in [-0.39, 0.29) is 11.4 Å². The molecule has 1 aliphatic heterocycles. The molecule has 0 bridgehead atoms. The summed E-state index contributed by atoms with van der Waals surface area (Å²) >= 11 is 1.28. The number of fused-ring (bicyclic) bond motifs is 1. The zero-order valence-electron chi connectivity index (χ0n) is 17.4. The Labute approximate surface area is 196 Å². The summed E-state index contributed by atoms with van der Waals surface area (Å²) < 4.78 is 19.4. The molecule has 0 aliphatic carbocycles. The number of nitrogens with one attached hydrogen (secondary N) is 3. The third-order valence-corrected chi connectivity index (χ3v) is 5.67. The highest BCUT2D eigenvalue weighted by molar-refractivity contribution is 7.99. The molecule has 4 aromatic rings. The van der Waals surface area contributed by atoms with E-state index in [4.69, 9.17) is 4.42 Å². The van der Waals surface area contributed by atoms with Crippen molar-refractivity contribution < 1.29 is 23.2 Å². The first-order valence-corrected chi connectivity index (χ1v) is 10.9. The predicted molar refractivity (Wildman–Crippen MR) is 122 cm³/mol. The van der Waals surface area contributed by atoms with Crippen molar-refractivity contribution in [1.29, 1.82) is 0 Å². The molecule has 1 saturated heterocycles. The molecule has 2 aromatic carbocycles. The van der Waals surface area contributed by atoms with Crippen molar-refractivity contribution in [3.05, 3.63) is 77.9 Å². The van der Waals surface area contributed by atoms with E-state index >= 15 is 0 Å². The molecule has 1 fully saturated rings. The molecule has 170 valence electrons. The third-order valence-electron chi connectivity index (χ3n) is 4.87. The lowest BCUT2D eigenvalue weighted by Gasteiger charge is -2.12. The van der Waals surface area contributed by atoms with Gasteiger partial charge < -0.3 is 20.0 Å². The molecule has 0 atom stereocenters. The van der Waals surface area contributed by atoms with Crippen LogP contribution in [0.15, 0.2) is 81.0 Å². The highest BCUT2D eigenvalue weighted by atomic mass is 32.2. The summed E-state index contributed by atoms with van der Waals surface area (Å²) in [7, 11) is 0. The minimum atomic E-state index is -0.761. The largest absolute Gasteiger partial charge is 0.450 e. The fourth-order valence-electron chi connectivity index (χ4n) is 3.29. The predicted octanol–water partition coefficient (Wildman–Crippen LogP) is 3.98. The summed E-state index contributed by atoms with van der Waals surface area (Å²) in [4.78, 5) is 45.5. The van der Waals surface area contributed by atoms with E-state index in [1.807, 2.05) is 24.3 Å². The summed E-state index contributed by atoms with van der Waals surface area (Å²) in [6.45, 7) is -0.568. The zero-order valence-corrected chi connectivity index (χ0v) is 18.2. The molecule has 34 heavy (non-hydrogen) atoms. The molecule has 11 heteroatoms. The van der Waals surface area contributed by atoms with Crippen LogP contribution in [-0.4, -0.2) is 39.3 Å². The smallest absolute Gasteiger partial charge is 0.329 e. The fourth-order valence-corrected chi connectivity index (χ4v) is 4.06. The van der Waals surface area contributed by atoms with Gasteiger partial charge in [-0.1, -0.05) is 24.3 Å². The number of hydrogen-bond donors (Lipinski definition) is 3. The van der Waals surface area contributed by atoms with Crippen molar-refractivity contribution >= 4 is 52.4 Å². The number of nitrogens with zero attached hydrogens (tertiary/aromatic N) is 2. The fraction of sp³-hybridized carbons (Fsp3) is 0.0435. The van der Waals surface area contributed by atoms with Gasteiger partial charge in [0.2, 0.25) is 5.91 Å². The SMILES string of the molecule is O=C(CN1C(=O)N/C(=C/c2ccc(Sc3nc4ccccc4[nH]3)o2)C1=O)Nc1ccccc1F. The van der Waals surface area contributed by atoms with Gasteiger partial charge >= 0.3 is 6.03 Å². The number of benzene rings is 2. The number of aromatic amines is 1. The van der Waals surface area contributed by atoms with Crippen molar-refractivity contribution in [2.45, 2.75) is 10.2 Å². The highest BCUT2D eigenvalue weighted by Gasteiger charge is 2.35. The molecule has 5 rings (SSSR count). The Morgan fingerprint density at radius 1 is 1.12 bits per heavy atom. The Balaban J connectivity index is 1.25. The van der Waals surface area contributed by atoms with Gasteiger partial charge in [0.25, 0.3) is 5.91 Å². The van der Waals surface area contributed by atoms with Crippen molar-refractivity contribution in [2.24, 2.45) is 0 Å². The number of H-pyrrole nitrogens is 1. The average molecular weight is 477 g/mol. The molecule has 2 aromatic heterocycles. The van der Waals surface area contributed by atoms with Crippen molar-refractivity contribution in [1.82, 2.24) is 20.2 Å². The second-order valence-electron chi connectivity index (χ2n) is 7.23. The topological polar surface area (TPSA) is 120 Å². The zero-order chi connectivity index (χ0) is 23.7. The number of aromatic nitrogens is 2. The van der Waals surface area contributed by atoms with Crippen LogP contribution >= 0.6 is 11.8 Å². The summed E-state index contributed by atoms with van der Waals surface area (Å²) in [5.74, 6) is -1.70. The van der Waals surface area contributed by atoms with Gasteiger partial charge in [-0.2, -0.15) is 0 Å². The normalized spacial score (nSPS) is 14.7. The maximum Gasteiger partial charge on any atom is 0.329 e. The lowest BCUT2D eigenvalue weighted by molar-refractivity contribution is -0.127. The molecule has 3 N–H and O–H groups in total. The van der Waals surface area contributed by atoms with Crippen LogP contribution in [0.4, 0.5) is 14.9 Å². The van der Waals surface area contributed by atoms with Gasteiger partial charge in [-0.25, -0.2) is 19.1 Å². The van der Waals surface area contributed by atoms with Crippen LogP contribution in [0.2, 0.25) is 0 Å². The van der Waals surface area contributed by atoms with Gasteiger partial charge in [-0.05, 0) is 48.2 Å². The average Bonchev–Trinajstić information content (AvgIpc) is 3.50. The van der Waals surface area contributed by atoms with Crippen LogP contribution in [0.5, 0.6) is 0 Å². The maximum atomic E-state index is 13.7. The number of carbonyl (C=O) groups is 3. The number of imide groups is 1. The first kappa shape index (κ1) is 21.5. The quantitative estimate of drug-likeness (QED) is 0.285. The minimum Gasteiger partial charge on any atom is -0.450 e. The van der Waals surface area contributed by atoms with Crippen molar-refractivity contribution in [3.63, 3.8) is 0 Å². The number of carbonyl (C=O) groups excluding carboxylic acids is 3. The number of urea groups is 1. The lowest BCUT2D eigenvalue weighted by Crippen LogP contribution is -2.38.